The Bertz CT molecular complexity index is 44.9. The van der Waals surface area contributed by atoms with E-state index in [9.17, 15) is 4.79 Å². The molecule has 0 aromatic rings. The van der Waals surface area contributed by atoms with Crippen molar-refractivity contribution in [2.45, 2.75) is 0 Å². The van der Waals surface area contributed by atoms with Crippen LogP contribution in [0.1, 0.15) is 0 Å². The molecule has 0 aliphatic rings. The Labute approximate surface area is 43.1 Å². The summed E-state index contributed by atoms with van der Waals surface area (Å²) in [6.07, 6.45) is -0.688. The molecule has 0 spiro atoms. The molecule has 0 bridgehead atoms. The van der Waals surface area contributed by atoms with E-state index in [0.29, 0.717) is 22.9 Å². The van der Waals surface area contributed by atoms with Gasteiger partial charge in [-0.25, -0.2) is 0 Å². The van der Waals surface area contributed by atoms with Gasteiger partial charge in [0.1, 0.15) is 0 Å². The summed E-state index contributed by atoms with van der Waals surface area (Å²) in [5, 5.41) is 0. The average molecular weight is 180 g/mol. The molecule has 4 heteroatoms. The van der Waals surface area contributed by atoms with Crippen LogP contribution in [0.4, 0.5) is 4.79 Å². The van der Waals surface area contributed by atoms with Gasteiger partial charge in [0.15, 0.2) is 0 Å². The Morgan fingerprint density at radius 2 is 2.20 bits per heavy atom. The summed E-state index contributed by atoms with van der Waals surface area (Å²) in [5.74, 6) is 0. The third kappa shape index (κ3) is 4.07. The molecular formula is CH3NO2Sn. The zero-order valence-corrected chi connectivity index (χ0v) is 5.77. The summed E-state index contributed by atoms with van der Waals surface area (Å²) in [7, 11) is 0. The van der Waals surface area contributed by atoms with Crippen molar-refractivity contribution in [3.05, 3.63) is 0 Å². The van der Waals surface area contributed by atoms with Gasteiger partial charge in [-0.3, -0.25) is 0 Å². The molecule has 0 atom stereocenters. The van der Waals surface area contributed by atoms with Crippen molar-refractivity contribution < 1.29 is 7.87 Å². The minimum absolute atomic E-state index is 0.452. The van der Waals surface area contributed by atoms with E-state index >= 15 is 0 Å². The summed E-state index contributed by atoms with van der Waals surface area (Å²) in [5.41, 5.74) is 4.46. The molecule has 0 saturated heterocycles. The molecule has 3 nitrogen and oxygen atoms in total. The van der Waals surface area contributed by atoms with E-state index in [0.717, 1.165) is 0 Å². The van der Waals surface area contributed by atoms with Crippen LogP contribution >= 0.6 is 0 Å². The molecule has 0 aromatic heterocycles. The number of hydrogen-bond donors (Lipinski definition) is 1. The SMILES string of the molecule is NC(=O)[O][SnH]. The van der Waals surface area contributed by atoms with E-state index in [1.165, 1.54) is 0 Å². The van der Waals surface area contributed by atoms with Crippen molar-refractivity contribution in [2.24, 2.45) is 5.73 Å². The van der Waals surface area contributed by atoms with Gasteiger partial charge in [-0.15, -0.1) is 0 Å². The standard InChI is InChI=1S/CH3NO2.Sn.H/c2-1(3)4;;/h2H2,(H,3,4);;/q;+1;/p-1. The number of primary amides is 1. The van der Waals surface area contributed by atoms with Crippen LogP contribution < -0.4 is 5.73 Å². The first-order valence-electron chi connectivity index (χ1n) is 0.933. The van der Waals surface area contributed by atoms with Crippen LogP contribution in [0.2, 0.25) is 0 Å². The van der Waals surface area contributed by atoms with Crippen molar-refractivity contribution in [2.75, 3.05) is 0 Å². The van der Waals surface area contributed by atoms with Gasteiger partial charge in [-0.05, 0) is 0 Å². The molecule has 0 unspecified atom stereocenters. The van der Waals surface area contributed by atoms with Gasteiger partial charge in [0.25, 0.3) is 0 Å². The van der Waals surface area contributed by atoms with E-state index in [1.807, 2.05) is 0 Å². The zero-order valence-electron chi connectivity index (χ0n) is 2.47. The van der Waals surface area contributed by atoms with Crippen LogP contribution in [0.3, 0.4) is 0 Å². The van der Waals surface area contributed by atoms with Crippen LogP contribution in [-0.4, -0.2) is 29.0 Å². The Morgan fingerprint density at radius 3 is 2.20 bits per heavy atom. The summed E-state index contributed by atoms with van der Waals surface area (Å²) >= 11 is 0.452. The summed E-state index contributed by atoms with van der Waals surface area (Å²) in [6.45, 7) is 0. The van der Waals surface area contributed by atoms with Gasteiger partial charge in [-0.2, -0.15) is 0 Å². The van der Waals surface area contributed by atoms with E-state index in [1.54, 1.807) is 0 Å². The quantitative estimate of drug-likeness (QED) is 0.480. The Morgan fingerprint density at radius 1 is 2.00 bits per heavy atom. The fraction of sp³-hybridized carbons (Fsp3) is 0. The van der Waals surface area contributed by atoms with Gasteiger partial charge in [-0.1, -0.05) is 0 Å². The van der Waals surface area contributed by atoms with Crippen LogP contribution in [0, 0.1) is 0 Å². The third-order valence-corrected chi connectivity index (χ3v) is 0.779. The van der Waals surface area contributed by atoms with Crippen molar-refractivity contribution in [3.63, 3.8) is 0 Å². The third-order valence-electron chi connectivity index (χ3n) is 0.116. The monoisotopic (exact) mass is 181 g/mol. The second kappa shape index (κ2) is 2.31. The topological polar surface area (TPSA) is 52.3 Å². The van der Waals surface area contributed by atoms with E-state index < -0.39 is 6.09 Å². The predicted molar refractivity (Wildman–Crippen MR) is 17.8 cm³/mol. The van der Waals surface area contributed by atoms with E-state index in [2.05, 4.69) is 8.81 Å². The maximum absolute atomic E-state index is 9.40. The van der Waals surface area contributed by atoms with E-state index in [4.69, 9.17) is 0 Å². The van der Waals surface area contributed by atoms with Gasteiger partial charge in [0.2, 0.25) is 0 Å². The van der Waals surface area contributed by atoms with Gasteiger partial charge < -0.3 is 0 Å². The number of nitrogens with two attached hydrogens (primary N) is 1. The number of carbonyl (C=O) groups excluding carboxylic acids is 1. The van der Waals surface area contributed by atoms with Crippen LogP contribution in [0.5, 0.6) is 0 Å². The van der Waals surface area contributed by atoms with Crippen LogP contribution in [0.25, 0.3) is 0 Å². The molecule has 0 aliphatic heterocycles. The Hall–Kier alpha value is 0.0687. The molecule has 0 aliphatic carbocycles. The van der Waals surface area contributed by atoms with E-state index in [-0.39, 0.29) is 0 Å². The summed E-state index contributed by atoms with van der Waals surface area (Å²) in [6, 6.07) is 0. The second-order valence-corrected chi connectivity index (χ2v) is 1.11. The molecule has 0 fully saturated rings. The summed E-state index contributed by atoms with van der Waals surface area (Å²) < 4.78 is 4.02. The van der Waals surface area contributed by atoms with Crippen LogP contribution in [-0.2, 0) is 3.07 Å². The number of rotatable bonds is 0. The molecule has 5 heavy (non-hydrogen) atoms. The Kier molecular flexibility index (Phi) is 2.35. The maximum atomic E-state index is 9.40. The summed E-state index contributed by atoms with van der Waals surface area (Å²) in [4.78, 5) is 9.40. The Balaban J connectivity index is 2.85. The molecule has 0 rings (SSSR count). The first-order valence-corrected chi connectivity index (χ1v) is 2.28. The number of amides is 1. The molecule has 2 N–H and O–H groups in total. The van der Waals surface area contributed by atoms with Crippen molar-refractivity contribution in [1.82, 2.24) is 0 Å². The van der Waals surface area contributed by atoms with Crippen LogP contribution in [0.15, 0.2) is 0 Å². The minimum atomic E-state index is -0.688. The first-order chi connectivity index (χ1) is 2.27. The van der Waals surface area contributed by atoms with Crippen molar-refractivity contribution in [1.29, 1.82) is 0 Å². The molecule has 0 saturated carbocycles. The molecule has 28 valence electrons. The van der Waals surface area contributed by atoms with Gasteiger partial charge in [0, 0.05) is 0 Å². The van der Waals surface area contributed by atoms with Gasteiger partial charge in [0.05, 0.1) is 0 Å². The first kappa shape index (κ1) is 5.07. The molecule has 1 amide bonds. The average Bonchev–Trinajstić information content (AvgIpc) is 1.38. The van der Waals surface area contributed by atoms with Crippen molar-refractivity contribution in [3.8, 4) is 0 Å². The fourth-order valence-corrected chi connectivity index (χ4v) is 0. The predicted octanol–water partition coefficient (Wildman–Crippen LogP) is -1.10. The molecular weight excluding hydrogens is 177 g/mol. The normalized spacial score (nSPS) is 6.60. The second-order valence-electron chi connectivity index (χ2n) is 0.437. The molecule has 2 radical (unpaired) electrons. The number of carbonyl (C=O) groups is 1. The zero-order chi connectivity index (χ0) is 4.28. The van der Waals surface area contributed by atoms with Crippen molar-refractivity contribution >= 4 is 29.0 Å². The van der Waals surface area contributed by atoms with Gasteiger partial charge >= 0.3 is 42.6 Å². The number of hydrogen-bond acceptors (Lipinski definition) is 2. The molecule has 0 heterocycles. The molecule has 0 aromatic carbocycles. The fourth-order valence-electron chi connectivity index (χ4n) is 0.